The first-order chi connectivity index (χ1) is 15.3. The van der Waals surface area contributed by atoms with Crippen LogP contribution in [0.25, 0.3) is 0 Å². The molecule has 1 heterocycles. The van der Waals surface area contributed by atoms with E-state index in [4.69, 9.17) is 15.9 Å². The van der Waals surface area contributed by atoms with Crippen LogP contribution in [0.4, 0.5) is 0 Å². The van der Waals surface area contributed by atoms with Crippen molar-refractivity contribution in [3.05, 3.63) is 20.2 Å². The Morgan fingerprint density at radius 2 is 1.64 bits per heavy atom. The minimum absolute atomic E-state index is 0.148. The summed E-state index contributed by atoms with van der Waals surface area (Å²) in [5.74, 6) is -4.96. The average Bonchev–Trinajstić information content (AvgIpc) is 2.67. The molecule has 1 aliphatic heterocycles. The molecule has 0 bridgehead atoms. The molecule has 1 fully saturated rings. The Labute approximate surface area is 190 Å². The maximum atomic E-state index is 12.3. The Morgan fingerprint density at radius 3 is 2.12 bits per heavy atom. The van der Waals surface area contributed by atoms with Crippen molar-refractivity contribution in [1.29, 1.82) is 0 Å². The number of Topliss-reactive ketones (excluding diaryl/α,β-unsaturated/α-hetero) is 1. The molecule has 33 heavy (non-hydrogen) atoms. The molecule has 184 valence electrons. The molecular weight excluding hydrogens is 470 g/mol. The van der Waals surface area contributed by atoms with Crippen LogP contribution in [-0.2, 0) is 24.0 Å². The molecule has 1 aliphatic rings. The van der Waals surface area contributed by atoms with Crippen LogP contribution in [0.15, 0.2) is 0 Å². The van der Waals surface area contributed by atoms with Crippen molar-refractivity contribution >= 4 is 41.3 Å². The maximum absolute atomic E-state index is 12.3. The van der Waals surface area contributed by atoms with Gasteiger partial charge in [0.05, 0.1) is 18.2 Å². The SMILES string of the molecule is NC(CCC(=O)NC(CSCC(=O)N1CC([N+](=O)[O-])([N+](=O)[O-])C1)C(=O)CCC(=O)O)C(=O)O. The van der Waals surface area contributed by atoms with Gasteiger partial charge in [-0.3, -0.25) is 44.2 Å². The van der Waals surface area contributed by atoms with Gasteiger partial charge in [0.1, 0.15) is 15.9 Å². The average molecular weight is 493 g/mol. The lowest BCUT2D eigenvalue weighted by molar-refractivity contribution is -0.809. The van der Waals surface area contributed by atoms with E-state index in [1.54, 1.807) is 0 Å². The van der Waals surface area contributed by atoms with Crippen molar-refractivity contribution < 1.29 is 44.0 Å². The number of ketones is 1. The van der Waals surface area contributed by atoms with Gasteiger partial charge in [-0.25, -0.2) is 0 Å². The molecule has 0 aromatic carbocycles. The highest BCUT2D eigenvalue weighted by Gasteiger charge is 2.67. The third-order valence-electron chi connectivity index (χ3n) is 4.74. The first kappa shape index (κ1) is 27.7. The van der Waals surface area contributed by atoms with Gasteiger partial charge in [-0.2, -0.15) is 0 Å². The van der Waals surface area contributed by atoms with Gasteiger partial charge in [0.25, 0.3) is 0 Å². The summed E-state index contributed by atoms with van der Waals surface area (Å²) in [7, 11) is 0. The second kappa shape index (κ2) is 12.0. The second-order valence-electron chi connectivity index (χ2n) is 7.23. The quantitative estimate of drug-likeness (QED) is 0.109. The van der Waals surface area contributed by atoms with Crippen LogP contribution in [-0.4, -0.2) is 96.8 Å². The van der Waals surface area contributed by atoms with Crippen LogP contribution in [0.3, 0.4) is 0 Å². The van der Waals surface area contributed by atoms with Crippen molar-refractivity contribution in [3.63, 3.8) is 0 Å². The predicted molar refractivity (Wildman–Crippen MR) is 109 cm³/mol. The molecule has 0 aromatic heterocycles. The van der Waals surface area contributed by atoms with Crippen molar-refractivity contribution in [2.45, 2.75) is 43.4 Å². The van der Waals surface area contributed by atoms with E-state index in [2.05, 4.69) is 5.32 Å². The smallest absolute Gasteiger partial charge is 0.481 e. The molecular formula is C16H23N5O11S. The molecule has 0 radical (unpaired) electrons. The van der Waals surface area contributed by atoms with Gasteiger partial charge >= 0.3 is 17.6 Å². The molecule has 2 atom stereocenters. The second-order valence-corrected chi connectivity index (χ2v) is 8.26. The number of thioether (sulfide) groups is 1. The Balaban J connectivity index is 2.62. The van der Waals surface area contributed by atoms with Crippen molar-refractivity contribution in [1.82, 2.24) is 10.2 Å². The summed E-state index contributed by atoms with van der Waals surface area (Å²) in [5.41, 5.74) is 2.87. The first-order valence-electron chi connectivity index (χ1n) is 9.47. The maximum Gasteiger partial charge on any atom is 0.492 e. The summed E-state index contributed by atoms with van der Waals surface area (Å²) in [6, 6.07) is -2.46. The molecule has 0 spiro atoms. The molecule has 0 aliphatic carbocycles. The molecule has 2 unspecified atom stereocenters. The van der Waals surface area contributed by atoms with E-state index in [1.807, 2.05) is 0 Å². The standard InChI is InChI=1S/C16H23N5O11S/c17-9(15(27)28)1-3-12(23)18-10(11(22)2-4-14(25)26)5-33-6-13(24)19-7-16(8-19,20(29)30)21(31)32/h9-10H,1-8,17H2,(H,18,23)(H,25,26)(H,27,28). The Morgan fingerprint density at radius 1 is 1.06 bits per heavy atom. The predicted octanol–water partition coefficient (Wildman–Crippen LogP) is -2.08. The van der Waals surface area contributed by atoms with Crippen molar-refractivity contribution in [3.8, 4) is 0 Å². The fraction of sp³-hybridized carbons (Fsp3) is 0.688. The number of carboxylic acids is 2. The van der Waals surface area contributed by atoms with Crippen molar-refractivity contribution in [2.75, 3.05) is 24.6 Å². The number of likely N-dealkylation sites (tertiary alicyclic amines) is 1. The minimum Gasteiger partial charge on any atom is -0.481 e. The third kappa shape index (κ3) is 7.94. The lowest BCUT2D eigenvalue weighted by atomic mass is 10.0. The fourth-order valence-corrected chi connectivity index (χ4v) is 3.67. The van der Waals surface area contributed by atoms with Crippen LogP contribution >= 0.6 is 11.8 Å². The molecule has 1 rings (SSSR count). The van der Waals surface area contributed by atoms with Crippen LogP contribution in [0.2, 0.25) is 0 Å². The topological polar surface area (TPSA) is 253 Å². The number of amides is 2. The number of carbonyl (C=O) groups excluding carboxylic acids is 3. The number of nitrogens with two attached hydrogens (primary N) is 1. The third-order valence-corrected chi connectivity index (χ3v) is 5.76. The Hall–Kier alpha value is -3.34. The number of aliphatic carboxylic acids is 2. The summed E-state index contributed by atoms with van der Waals surface area (Å²) in [6.45, 7) is -1.40. The van der Waals surface area contributed by atoms with Gasteiger partial charge in [0.2, 0.25) is 11.8 Å². The summed E-state index contributed by atoms with van der Waals surface area (Å²) >= 11 is 0.865. The van der Waals surface area contributed by atoms with E-state index in [0.717, 1.165) is 16.7 Å². The van der Waals surface area contributed by atoms with E-state index in [1.165, 1.54) is 0 Å². The number of rotatable bonds is 15. The normalized spacial score (nSPS) is 16.1. The van der Waals surface area contributed by atoms with Crippen LogP contribution in [0, 0.1) is 20.2 Å². The van der Waals surface area contributed by atoms with Crippen molar-refractivity contribution in [2.24, 2.45) is 5.73 Å². The summed E-state index contributed by atoms with van der Waals surface area (Å²) in [5, 5.41) is 41.6. The van der Waals surface area contributed by atoms with Gasteiger partial charge < -0.3 is 26.2 Å². The summed E-state index contributed by atoms with van der Waals surface area (Å²) in [6.07, 6.45) is -1.40. The zero-order valence-corrected chi connectivity index (χ0v) is 18.0. The van der Waals surface area contributed by atoms with Crippen LogP contribution < -0.4 is 11.1 Å². The number of nitrogens with one attached hydrogen (secondary N) is 1. The number of nitrogens with zero attached hydrogens (tertiary/aromatic N) is 3. The van der Waals surface area contributed by atoms with E-state index in [0.29, 0.717) is 0 Å². The number of hydrogen-bond donors (Lipinski definition) is 4. The van der Waals surface area contributed by atoms with Gasteiger partial charge in [-0.15, -0.1) is 11.8 Å². The Bertz CT molecular complexity index is 814. The van der Waals surface area contributed by atoms with Crippen LogP contribution in [0.5, 0.6) is 0 Å². The lowest BCUT2D eigenvalue weighted by Crippen LogP contribution is -2.71. The van der Waals surface area contributed by atoms with E-state index in [9.17, 15) is 44.2 Å². The molecule has 0 aromatic rings. The number of carbonyl (C=O) groups is 5. The Kier molecular flexibility index (Phi) is 10.1. The zero-order valence-electron chi connectivity index (χ0n) is 17.2. The highest BCUT2D eigenvalue weighted by Crippen LogP contribution is 2.26. The molecule has 17 heteroatoms. The highest BCUT2D eigenvalue weighted by atomic mass is 32.2. The van der Waals surface area contributed by atoms with E-state index >= 15 is 0 Å². The van der Waals surface area contributed by atoms with Gasteiger partial charge in [0, 0.05) is 18.6 Å². The van der Waals surface area contributed by atoms with Gasteiger partial charge in [0.15, 0.2) is 18.9 Å². The van der Waals surface area contributed by atoms with Gasteiger partial charge in [-0.1, -0.05) is 0 Å². The minimum atomic E-state index is -2.44. The van der Waals surface area contributed by atoms with E-state index < -0.39 is 83.1 Å². The van der Waals surface area contributed by atoms with Gasteiger partial charge in [-0.05, 0) is 6.42 Å². The number of carboxylic acid groups (broad SMARTS) is 2. The largest absolute Gasteiger partial charge is 0.492 e. The van der Waals surface area contributed by atoms with E-state index in [-0.39, 0.29) is 24.3 Å². The number of nitro groups is 2. The van der Waals surface area contributed by atoms with Crippen LogP contribution in [0.1, 0.15) is 25.7 Å². The lowest BCUT2D eigenvalue weighted by Gasteiger charge is -2.36. The molecule has 2 amide bonds. The summed E-state index contributed by atoms with van der Waals surface area (Å²) in [4.78, 5) is 78.5. The molecule has 0 saturated carbocycles. The monoisotopic (exact) mass is 493 g/mol. The first-order valence-corrected chi connectivity index (χ1v) is 10.6. The molecule has 5 N–H and O–H groups in total. The highest BCUT2D eigenvalue weighted by molar-refractivity contribution is 8.00. The summed E-state index contributed by atoms with van der Waals surface area (Å²) < 4.78 is 0. The zero-order chi connectivity index (χ0) is 25.3. The number of hydrogen-bond acceptors (Lipinski definition) is 11. The molecule has 16 nitrogen and oxygen atoms in total. The molecule has 1 saturated heterocycles. The fourth-order valence-electron chi connectivity index (χ4n) is 2.69.